The van der Waals surface area contributed by atoms with E-state index in [1.807, 2.05) is 0 Å². The van der Waals surface area contributed by atoms with Gasteiger partial charge in [-0.3, -0.25) is 4.79 Å². The van der Waals surface area contributed by atoms with Crippen LogP contribution in [0.4, 0.5) is 0 Å². The maximum atomic E-state index is 11.4. The lowest BCUT2D eigenvalue weighted by molar-refractivity contribution is -0.354. The zero-order chi connectivity index (χ0) is 22.9. The fourth-order valence-corrected chi connectivity index (χ4v) is 3.48. The number of ketones is 1. The Labute approximate surface area is 178 Å². The van der Waals surface area contributed by atoms with Crippen LogP contribution in [0.2, 0.25) is 0 Å². The number of aliphatic hydroxyl groups is 6. The summed E-state index contributed by atoms with van der Waals surface area (Å²) in [4.78, 5) is 11.4. The summed E-state index contributed by atoms with van der Waals surface area (Å²) in [6.07, 6.45) is -14.0. The number of aliphatic hydroxyl groups excluding tert-OH is 6. The predicted molar refractivity (Wildman–Crippen MR) is 102 cm³/mol. The molecular formula is C20H28O11. The summed E-state index contributed by atoms with van der Waals surface area (Å²) in [7, 11) is 0. The SMILES string of the molecule is CC(=O)c1ccc(O[C@H]2O[C@H](CO)[C@@H](O)[C@H](O)[C@@H]2O[C@H]2O[C@@H](C)[C@H](O)[C@@H](O)[C@@H]2O)cc1. The Hall–Kier alpha value is -1.67. The van der Waals surface area contributed by atoms with E-state index in [1.165, 1.54) is 38.1 Å². The van der Waals surface area contributed by atoms with Crippen molar-refractivity contribution in [3.8, 4) is 5.75 Å². The van der Waals surface area contributed by atoms with E-state index in [4.69, 9.17) is 18.9 Å². The fraction of sp³-hybridized carbons (Fsp3) is 0.650. The van der Waals surface area contributed by atoms with Crippen LogP contribution in [-0.2, 0) is 14.2 Å². The number of carbonyl (C=O) groups excluding carboxylic acids is 1. The van der Waals surface area contributed by atoms with Crippen LogP contribution in [-0.4, -0.2) is 104 Å². The number of carbonyl (C=O) groups is 1. The lowest BCUT2D eigenvalue weighted by atomic mass is 9.97. The van der Waals surface area contributed by atoms with E-state index in [0.29, 0.717) is 5.56 Å². The third-order valence-corrected chi connectivity index (χ3v) is 5.44. The molecule has 2 saturated heterocycles. The van der Waals surface area contributed by atoms with Gasteiger partial charge in [0.15, 0.2) is 18.2 Å². The van der Waals surface area contributed by atoms with Gasteiger partial charge in [0.1, 0.15) is 42.4 Å². The maximum Gasteiger partial charge on any atom is 0.229 e. The van der Waals surface area contributed by atoms with Crippen molar-refractivity contribution in [1.29, 1.82) is 0 Å². The van der Waals surface area contributed by atoms with E-state index < -0.39 is 68.0 Å². The number of rotatable bonds is 6. The minimum absolute atomic E-state index is 0.140. The summed E-state index contributed by atoms with van der Waals surface area (Å²) < 4.78 is 22.3. The fourth-order valence-electron chi connectivity index (χ4n) is 3.48. The van der Waals surface area contributed by atoms with E-state index in [0.717, 1.165) is 0 Å². The Balaban J connectivity index is 1.81. The lowest BCUT2D eigenvalue weighted by Gasteiger charge is -2.45. The molecule has 0 aliphatic carbocycles. The highest BCUT2D eigenvalue weighted by Crippen LogP contribution is 2.30. The van der Waals surface area contributed by atoms with Crippen LogP contribution < -0.4 is 4.74 Å². The first-order chi connectivity index (χ1) is 14.6. The van der Waals surface area contributed by atoms with E-state index in [2.05, 4.69) is 0 Å². The van der Waals surface area contributed by atoms with Crippen molar-refractivity contribution in [2.75, 3.05) is 6.61 Å². The Morgan fingerprint density at radius 2 is 1.55 bits per heavy atom. The summed E-state index contributed by atoms with van der Waals surface area (Å²) in [5, 5.41) is 60.3. The highest BCUT2D eigenvalue weighted by atomic mass is 16.8. The van der Waals surface area contributed by atoms with E-state index >= 15 is 0 Å². The normalized spacial score (nSPS) is 41.0. The summed E-state index contributed by atoms with van der Waals surface area (Å²) in [6, 6.07) is 6.05. The highest BCUT2D eigenvalue weighted by molar-refractivity contribution is 5.94. The van der Waals surface area contributed by atoms with Crippen molar-refractivity contribution in [3.05, 3.63) is 29.8 Å². The number of benzene rings is 1. The summed E-state index contributed by atoms with van der Waals surface area (Å²) in [6.45, 7) is 2.26. The molecule has 0 bridgehead atoms. The second-order valence-corrected chi connectivity index (χ2v) is 7.69. The van der Waals surface area contributed by atoms with Gasteiger partial charge in [0.25, 0.3) is 0 Å². The minimum Gasteiger partial charge on any atom is -0.462 e. The lowest BCUT2D eigenvalue weighted by Crippen LogP contribution is -2.64. The molecule has 3 rings (SSSR count). The van der Waals surface area contributed by atoms with E-state index in [1.54, 1.807) is 0 Å². The molecule has 2 fully saturated rings. The summed E-state index contributed by atoms with van der Waals surface area (Å²) in [5.41, 5.74) is 0.452. The zero-order valence-corrected chi connectivity index (χ0v) is 17.0. The quantitative estimate of drug-likeness (QED) is 0.266. The Kier molecular flexibility index (Phi) is 7.63. The highest BCUT2D eigenvalue weighted by Gasteiger charge is 2.50. The van der Waals surface area contributed by atoms with Crippen molar-refractivity contribution in [1.82, 2.24) is 0 Å². The monoisotopic (exact) mass is 444 g/mol. The second kappa shape index (κ2) is 9.86. The molecule has 1 aromatic carbocycles. The molecule has 2 heterocycles. The van der Waals surface area contributed by atoms with Gasteiger partial charge in [0.05, 0.1) is 12.7 Å². The molecule has 2 aliphatic heterocycles. The molecule has 31 heavy (non-hydrogen) atoms. The molecule has 10 atom stereocenters. The zero-order valence-electron chi connectivity index (χ0n) is 17.0. The predicted octanol–water partition coefficient (Wildman–Crippen LogP) is -2.08. The van der Waals surface area contributed by atoms with Crippen LogP contribution >= 0.6 is 0 Å². The number of hydrogen-bond acceptors (Lipinski definition) is 11. The van der Waals surface area contributed by atoms with Crippen molar-refractivity contribution < 1.29 is 54.4 Å². The maximum absolute atomic E-state index is 11.4. The average molecular weight is 444 g/mol. The molecule has 0 unspecified atom stereocenters. The topological polar surface area (TPSA) is 175 Å². The second-order valence-electron chi connectivity index (χ2n) is 7.69. The first-order valence-corrected chi connectivity index (χ1v) is 9.89. The Bertz CT molecular complexity index is 741. The first kappa shape index (κ1) is 24.0. The van der Waals surface area contributed by atoms with Crippen molar-refractivity contribution in [2.24, 2.45) is 0 Å². The standard InChI is InChI=1S/C20H28O11/c1-8(22)10-3-5-11(6-4-10)29-20-18(16(26)14(24)12(7-21)30-20)31-19-17(27)15(25)13(23)9(2)28-19/h3-6,9,12-21,23-27H,7H2,1-2H3/t9-,12+,13-,14+,15+,16-,17-,18-,19+,20-/m0/s1. The number of Topliss-reactive ketones (excluding diaryl/α,β-unsaturated/α-hetero) is 1. The van der Waals surface area contributed by atoms with Crippen LogP contribution in [0, 0.1) is 0 Å². The van der Waals surface area contributed by atoms with Gasteiger partial charge in [-0.25, -0.2) is 0 Å². The largest absolute Gasteiger partial charge is 0.462 e. The van der Waals surface area contributed by atoms with Gasteiger partial charge in [-0.2, -0.15) is 0 Å². The van der Waals surface area contributed by atoms with Crippen molar-refractivity contribution in [2.45, 2.75) is 75.3 Å². The molecule has 0 aromatic heterocycles. The Morgan fingerprint density at radius 3 is 2.13 bits per heavy atom. The van der Waals surface area contributed by atoms with Gasteiger partial charge >= 0.3 is 0 Å². The summed E-state index contributed by atoms with van der Waals surface area (Å²) >= 11 is 0. The van der Waals surface area contributed by atoms with Gasteiger partial charge in [-0.05, 0) is 38.1 Å². The van der Waals surface area contributed by atoms with Crippen LogP contribution in [0.15, 0.2) is 24.3 Å². The molecular weight excluding hydrogens is 416 g/mol. The van der Waals surface area contributed by atoms with Gasteiger partial charge < -0.3 is 49.6 Å². The third kappa shape index (κ3) is 5.06. The first-order valence-electron chi connectivity index (χ1n) is 9.89. The molecule has 0 spiro atoms. The van der Waals surface area contributed by atoms with Crippen LogP contribution in [0.5, 0.6) is 5.75 Å². The van der Waals surface area contributed by atoms with E-state index in [-0.39, 0.29) is 11.5 Å². The van der Waals surface area contributed by atoms with Crippen LogP contribution in [0.3, 0.4) is 0 Å². The molecule has 174 valence electrons. The van der Waals surface area contributed by atoms with Gasteiger partial charge in [-0.15, -0.1) is 0 Å². The molecule has 1 aromatic rings. The molecule has 11 nitrogen and oxygen atoms in total. The third-order valence-electron chi connectivity index (χ3n) is 5.44. The van der Waals surface area contributed by atoms with Crippen molar-refractivity contribution >= 4 is 5.78 Å². The van der Waals surface area contributed by atoms with Crippen molar-refractivity contribution in [3.63, 3.8) is 0 Å². The Morgan fingerprint density at radius 1 is 0.903 bits per heavy atom. The van der Waals surface area contributed by atoms with Gasteiger partial charge in [-0.1, -0.05) is 0 Å². The number of ether oxygens (including phenoxy) is 4. The summed E-state index contributed by atoms with van der Waals surface area (Å²) in [5.74, 6) is 0.108. The molecule has 0 amide bonds. The smallest absolute Gasteiger partial charge is 0.229 e. The molecule has 0 saturated carbocycles. The van der Waals surface area contributed by atoms with Crippen LogP contribution in [0.1, 0.15) is 24.2 Å². The van der Waals surface area contributed by atoms with Crippen LogP contribution in [0.25, 0.3) is 0 Å². The van der Waals surface area contributed by atoms with E-state index in [9.17, 15) is 35.4 Å². The molecule has 6 N–H and O–H groups in total. The number of hydrogen-bond donors (Lipinski definition) is 6. The molecule has 2 aliphatic rings. The minimum atomic E-state index is -1.65. The molecule has 11 heteroatoms. The van der Waals surface area contributed by atoms with Gasteiger partial charge in [0, 0.05) is 5.56 Å². The van der Waals surface area contributed by atoms with Gasteiger partial charge in [0.2, 0.25) is 6.29 Å². The molecule has 0 radical (unpaired) electrons. The average Bonchev–Trinajstić information content (AvgIpc) is 2.75.